The first-order valence-electron chi connectivity index (χ1n) is 9.11. The molecule has 0 spiro atoms. The van der Waals surface area contributed by atoms with Crippen LogP contribution in [0.15, 0.2) is 12.3 Å². The first-order valence-corrected chi connectivity index (χ1v) is 9.11. The summed E-state index contributed by atoms with van der Waals surface area (Å²) < 4.78 is 14.0. The standard InChI is InChI=1S/C18H29N3O2/c1-4-21-14(5-8-20-21)15-12(6-9-22-15)11-19-16-13-7-10-23-17(13)18(16,2)3/h5,8,12-13,15-17,19H,4,6-7,9-11H2,1-3H3/t12-,13-,15+,16+,17-/m0/s1. The van der Waals surface area contributed by atoms with Gasteiger partial charge in [0, 0.05) is 55.8 Å². The number of rotatable bonds is 5. The summed E-state index contributed by atoms with van der Waals surface area (Å²) in [5.74, 6) is 1.24. The summed E-state index contributed by atoms with van der Waals surface area (Å²) in [4.78, 5) is 0. The summed E-state index contributed by atoms with van der Waals surface area (Å²) >= 11 is 0. The van der Waals surface area contributed by atoms with Gasteiger partial charge in [-0.2, -0.15) is 5.10 Å². The minimum Gasteiger partial charge on any atom is -0.377 e. The van der Waals surface area contributed by atoms with Crippen LogP contribution in [-0.4, -0.2) is 41.7 Å². The van der Waals surface area contributed by atoms with Gasteiger partial charge in [0.15, 0.2) is 0 Å². The van der Waals surface area contributed by atoms with Crippen molar-refractivity contribution in [2.75, 3.05) is 19.8 Å². The van der Waals surface area contributed by atoms with Crippen LogP contribution in [0.4, 0.5) is 0 Å². The van der Waals surface area contributed by atoms with E-state index in [1.165, 1.54) is 12.1 Å². The molecule has 5 heteroatoms. The lowest BCUT2D eigenvalue weighted by Crippen LogP contribution is -2.66. The molecule has 1 aromatic heterocycles. The molecule has 128 valence electrons. The van der Waals surface area contributed by atoms with Gasteiger partial charge in [-0.05, 0) is 25.8 Å². The molecule has 0 amide bonds. The Morgan fingerprint density at radius 1 is 1.30 bits per heavy atom. The second-order valence-electron chi connectivity index (χ2n) is 7.86. The van der Waals surface area contributed by atoms with Crippen LogP contribution < -0.4 is 5.32 Å². The highest BCUT2D eigenvalue weighted by atomic mass is 16.5. The van der Waals surface area contributed by atoms with Crippen LogP contribution in [0.2, 0.25) is 0 Å². The van der Waals surface area contributed by atoms with Gasteiger partial charge < -0.3 is 14.8 Å². The molecule has 1 aliphatic carbocycles. The van der Waals surface area contributed by atoms with Crippen molar-refractivity contribution in [2.45, 2.75) is 58.4 Å². The van der Waals surface area contributed by atoms with Crippen LogP contribution in [0.25, 0.3) is 0 Å². The third kappa shape index (κ3) is 2.44. The molecule has 3 fully saturated rings. The van der Waals surface area contributed by atoms with Gasteiger partial charge in [0.2, 0.25) is 0 Å². The molecule has 0 bridgehead atoms. The molecular formula is C18H29N3O2. The fraction of sp³-hybridized carbons (Fsp3) is 0.833. The average Bonchev–Trinajstić information content (AvgIpc) is 3.26. The van der Waals surface area contributed by atoms with Gasteiger partial charge >= 0.3 is 0 Å². The maximum atomic E-state index is 6.05. The molecule has 4 rings (SSSR count). The van der Waals surface area contributed by atoms with E-state index in [0.717, 1.165) is 32.7 Å². The fourth-order valence-electron chi connectivity index (χ4n) is 5.04. The van der Waals surface area contributed by atoms with Gasteiger partial charge in [-0.15, -0.1) is 0 Å². The van der Waals surface area contributed by atoms with E-state index < -0.39 is 0 Å². The van der Waals surface area contributed by atoms with E-state index in [1.54, 1.807) is 0 Å². The number of nitrogens with zero attached hydrogens (tertiary/aromatic N) is 2. The zero-order valence-corrected chi connectivity index (χ0v) is 14.5. The summed E-state index contributed by atoms with van der Waals surface area (Å²) in [5, 5.41) is 8.27. The quantitative estimate of drug-likeness (QED) is 0.905. The van der Waals surface area contributed by atoms with E-state index >= 15 is 0 Å². The molecule has 3 heterocycles. The van der Waals surface area contributed by atoms with Crippen molar-refractivity contribution in [2.24, 2.45) is 17.3 Å². The first-order chi connectivity index (χ1) is 11.1. The molecule has 2 aliphatic heterocycles. The SMILES string of the molecule is CCn1nccc1[C@@H]1OCC[C@H]1CN[C@@H]1[C@@H]2CCO[C@@H]2C1(C)C. The molecule has 0 aromatic carbocycles. The van der Waals surface area contributed by atoms with Gasteiger partial charge in [0.1, 0.15) is 6.10 Å². The van der Waals surface area contributed by atoms with E-state index in [4.69, 9.17) is 9.47 Å². The largest absolute Gasteiger partial charge is 0.377 e. The summed E-state index contributed by atoms with van der Waals surface area (Å²) in [6.45, 7) is 10.5. The summed E-state index contributed by atoms with van der Waals surface area (Å²) in [7, 11) is 0. The Kier molecular flexibility index (Phi) is 3.98. The zero-order chi connectivity index (χ0) is 16.0. The normalized spacial score (nSPS) is 38.5. The van der Waals surface area contributed by atoms with E-state index in [1.807, 2.05) is 6.20 Å². The highest BCUT2D eigenvalue weighted by molar-refractivity contribution is 5.12. The van der Waals surface area contributed by atoms with Crippen LogP contribution >= 0.6 is 0 Å². The van der Waals surface area contributed by atoms with Gasteiger partial charge in [0.05, 0.1) is 11.8 Å². The third-order valence-corrected chi connectivity index (χ3v) is 6.26. The molecule has 3 aliphatic rings. The van der Waals surface area contributed by atoms with Crippen molar-refractivity contribution in [1.82, 2.24) is 15.1 Å². The molecule has 0 unspecified atom stereocenters. The lowest BCUT2D eigenvalue weighted by atomic mass is 9.57. The number of fused-ring (bicyclic) bond motifs is 1. The molecule has 2 saturated heterocycles. The highest BCUT2D eigenvalue weighted by Crippen LogP contribution is 2.52. The topological polar surface area (TPSA) is 48.3 Å². The maximum Gasteiger partial charge on any atom is 0.103 e. The second kappa shape index (κ2) is 5.87. The van der Waals surface area contributed by atoms with Crippen LogP contribution in [0.5, 0.6) is 0 Å². The van der Waals surface area contributed by atoms with E-state index in [9.17, 15) is 0 Å². The number of ether oxygens (including phenoxy) is 2. The van der Waals surface area contributed by atoms with Crippen LogP contribution in [0.3, 0.4) is 0 Å². The van der Waals surface area contributed by atoms with Crippen LogP contribution in [0.1, 0.15) is 45.4 Å². The third-order valence-electron chi connectivity index (χ3n) is 6.26. The van der Waals surface area contributed by atoms with Crippen LogP contribution in [0, 0.1) is 17.3 Å². The van der Waals surface area contributed by atoms with Crippen molar-refractivity contribution in [3.05, 3.63) is 18.0 Å². The van der Waals surface area contributed by atoms with Gasteiger partial charge in [-0.3, -0.25) is 4.68 Å². The number of aryl methyl sites for hydroxylation is 1. The van der Waals surface area contributed by atoms with Crippen molar-refractivity contribution in [3.63, 3.8) is 0 Å². The maximum absolute atomic E-state index is 6.05. The Balaban J connectivity index is 1.41. The van der Waals surface area contributed by atoms with Crippen molar-refractivity contribution in [1.29, 1.82) is 0 Å². The molecule has 5 nitrogen and oxygen atoms in total. The van der Waals surface area contributed by atoms with Crippen LogP contribution in [-0.2, 0) is 16.0 Å². The fourth-order valence-corrected chi connectivity index (χ4v) is 5.04. The smallest absolute Gasteiger partial charge is 0.103 e. The molecule has 1 saturated carbocycles. The number of hydrogen-bond donors (Lipinski definition) is 1. The Hall–Kier alpha value is -0.910. The van der Waals surface area contributed by atoms with Gasteiger partial charge in [0.25, 0.3) is 0 Å². The Bertz CT molecular complexity index is 556. The zero-order valence-electron chi connectivity index (χ0n) is 14.5. The van der Waals surface area contributed by atoms with E-state index in [-0.39, 0.29) is 11.5 Å². The van der Waals surface area contributed by atoms with E-state index in [0.29, 0.717) is 24.0 Å². The molecule has 23 heavy (non-hydrogen) atoms. The van der Waals surface area contributed by atoms with Gasteiger partial charge in [-0.25, -0.2) is 0 Å². The monoisotopic (exact) mass is 319 g/mol. The summed E-state index contributed by atoms with van der Waals surface area (Å²) in [6.07, 6.45) is 4.87. The Labute approximate surface area is 138 Å². The lowest BCUT2D eigenvalue weighted by Gasteiger charge is -2.55. The van der Waals surface area contributed by atoms with Crippen molar-refractivity contribution < 1.29 is 9.47 Å². The molecule has 0 radical (unpaired) electrons. The lowest BCUT2D eigenvalue weighted by molar-refractivity contribution is -0.113. The minimum atomic E-state index is 0.184. The molecular weight excluding hydrogens is 290 g/mol. The Morgan fingerprint density at radius 2 is 2.13 bits per heavy atom. The predicted octanol–water partition coefficient (Wildman–Crippen LogP) is 2.38. The number of nitrogens with one attached hydrogen (secondary N) is 1. The predicted molar refractivity (Wildman–Crippen MR) is 88.1 cm³/mol. The van der Waals surface area contributed by atoms with Crippen molar-refractivity contribution >= 4 is 0 Å². The molecule has 1 N–H and O–H groups in total. The second-order valence-corrected chi connectivity index (χ2v) is 7.86. The summed E-state index contributed by atoms with van der Waals surface area (Å²) in [5.41, 5.74) is 1.48. The van der Waals surface area contributed by atoms with E-state index in [2.05, 4.69) is 41.9 Å². The van der Waals surface area contributed by atoms with Crippen molar-refractivity contribution in [3.8, 4) is 0 Å². The number of hydrogen-bond acceptors (Lipinski definition) is 4. The Morgan fingerprint density at radius 3 is 2.96 bits per heavy atom. The summed E-state index contributed by atoms with van der Waals surface area (Å²) in [6, 6.07) is 2.69. The molecule has 1 aromatic rings. The van der Waals surface area contributed by atoms with Gasteiger partial charge in [-0.1, -0.05) is 13.8 Å². The first kappa shape index (κ1) is 15.6. The minimum absolute atomic E-state index is 0.184. The molecule has 5 atom stereocenters. The average molecular weight is 319 g/mol. The highest BCUT2D eigenvalue weighted by Gasteiger charge is 2.59. The number of aromatic nitrogens is 2.